The first kappa shape index (κ1) is 24.6. The van der Waals surface area contributed by atoms with Crippen LogP contribution in [-0.4, -0.2) is 29.7 Å². The van der Waals surface area contributed by atoms with Gasteiger partial charge in [-0.2, -0.15) is 0 Å². The van der Waals surface area contributed by atoms with E-state index in [4.69, 9.17) is 4.74 Å². The van der Waals surface area contributed by atoms with E-state index >= 15 is 0 Å². The highest BCUT2D eigenvalue weighted by atomic mass is 32.2. The van der Waals surface area contributed by atoms with Crippen LogP contribution >= 0.6 is 0 Å². The summed E-state index contributed by atoms with van der Waals surface area (Å²) in [5.74, 6) is -1.05. The molecule has 0 bridgehead atoms. The van der Waals surface area contributed by atoms with Crippen LogP contribution in [0.5, 0.6) is 0 Å². The molecule has 2 unspecified atom stereocenters. The molecule has 0 aliphatic rings. The molecule has 0 N–H and O–H groups in total. The fourth-order valence-corrected chi connectivity index (χ4v) is 4.43. The standard InChI is InChI=1S/C23H24N2O6S2/c1-17-8-12-20(13-9-17)24(32(27)28)22(23(26)31-16-19-6-4-3-5-7-19)25(33(29)30)21-14-10-18(2)11-15-21/h3-15,22H,16H2,1-2H3,(H,27,28)(H,29,30)/p-2. The van der Waals surface area contributed by atoms with Crippen LogP contribution in [-0.2, 0) is 38.7 Å². The average molecular weight is 487 g/mol. The highest BCUT2D eigenvalue weighted by Crippen LogP contribution is 2.28. The average Bonchev–Trinajstić information content (AvgIpc) is 2.79. The van der Waals surface area contributed by atoms with Crippen molar-refractivity contribution in [2.45, 2.75) is 26.6 Å². The summed E-state index contributed by atoms with van der Waals surface area (Å²) in [6, 6.07) is 21.4. The Morgan fingerprint density at radius 1 is 0.788 bits per heavy atom. The minimum atomic E-state index is -3.01. The zero-order valence-corrected chi connectivity index (χ0v) is 19.6. The minimum absolute atomic E-state index is 0.109. The van der Waals surface area contributed by atoms with Gasteiger partial charge < -0.3 is 13.8 Å². The summed E-state index contributed by atoms with van der Waals surface area (Å²) < 4.78 is 56.0. The molecule has 0 saturated heterocycles. The van der Waals surface area contributed by atoms with Gasteiger partial charge in [-0.1, -0.05) is 65.7 Å². The molecule has 10 heteroatoms. The van der Waals surface area contributed by atoms with Crippen molar-refractivity contribution < 1.29 is 27.1 Å². The largest absolute Gasteiger partial charge is 0.755 e. The number of rotatable bonds is 9. The fraction of sp³-hybridized carbons (Fsp3) is 0.174. The first-order valence-electron chi connectivity index (χ1n) is 9.89. The zero-order chi connectivity index (χ0) is 24.0. The second-order valence-corrected chi connectivity index (χ2v) is 8.88. The molecule has 0 amide bonds. The summed E-state index contributed by atoms with van der Waals surface area (Å²) in [5.41, 5.74) is 2.61. The van der Waals surface area contributed by atoms with Crippen molar-refractivity contribution in [1.29, 1.82) is 0 Å². The third-order valence-electron chi connectivity index (χ3n) is 4.78. The maximum absolute atomic E-state index is 13.2. The van der Waals surface area contributed by atoms with Crippen LogP contribution in [0.2, 0.25) is 0 Å². The Morgan fingerprint density at radius 3 is 1.61 bits per heavy atom. The number of benzene rings is 3. The van der Waals surface area contributed by atoms with E-state index in [1.54, 1.807) is 54.6 Å². The molecule has 3 rings (SSSR count). The molecule has 174 valence electrons. The van der Waals surface area contributed by atoms with Crippen molar-refractivity contribution in [3.05, 3.63) is 95.6 Å². The maximum atomic E-state index is 13.2. The van der Waals surface area contributed by atoms with E-state index < -0.39 is 34.7 Å². The SMILES string of the molecule is Cc1ccc(N(C(C(=O)OCc2ccccc2)N(c2ccc(C)cc2)S(=O)[O-])S(=O)[O-])cc1. The molecule has 0 fully saturated rings. The number of carbonyl (C=O) groups excluding carboxylic acids is 1. The van der Waals surface area contributed by atoms with Gasteiger partial charge in [0, 0.05) is 22.5 Å². The second kappa shape index (κ2) is 11.2. The van der Waals surface area contributed by atoms with Crippen LogP contribution in [0.3, 0.4) is 0 Å². The molecule has 33 heavy (non-hydrogen) atoms. The first-order chi connectivity index (χ1) is 15.8. The minimum Gasteiger partial charge on any atom is -0.755 e. The smallest absolute Gasteiger partial charge is 0.352 e. The Kier molecular flexibility index (Phi) is 8.34. The van der Waals surface area contributed by atoms with E-state index in [1.807, 2.05) is 13.8 Å². The summed E-state index contributed by atoms with van der Waals surface area (Å²) in [4.78, 5) is 13.2. The molecule has 8 nitrogen and oxygen atoms in total. The van der Waals surface area contributed by atoms with Crippen LogP contribution in [0.4, 0.5) is 11.4 Å². The van der Waals surface area contributed by atoms with Gasteiger partial charge in [0.25, 0.3) is 0 Å². The van der Waals surface area contributed by atoms with Crippen LogP contribution in [0.1, 0.15) is 16.7 Å². The van der Waals surface area contributed by atoms with Gasteiger partial charge in [-0.05, 0) is 43.7 Å². The molecule has 0 aromatic heterocycles. The maximum Gasteiger partial charge on any atom is 0.352 e. The summed E-state index contributed by atoms with van der Waals surface area (Å²) in [5, 5.41) is 0. The normalized spacial score (nSPS) is 13.6. The molecule has 0 saturated carbocycles. The van der Waals surface area contributed by atoms with Gasteiger partial charge >= 0.3 is 5.97 Å². The van der Waals surface area contributed by atoms with E-state index in [-0.39, 0.29) is 18.0 Å². The number of nitrogens with zero attached hydrogens (tertiary/aromatic N) is 2. The number of aryl methyl sites for hydroxylation is 2. The molecule has 0 aliphatic heterocycles. The molecule has 0 heterocycles. The number of esters is 1. The molecule has 3 aromatic rings. The van der Waals surface area contributed by atoms with Gasteiger partial charge in [0.15, 0.2) is 0 Å². The Balaban J connectivity index is 2.07. The van der Waals surface area contributed by atoms with Crippen molar-refractivity contribution in [3.8, 4) is 0 Å². The van der Waals surface area contributed by atoms with Gasteiger partial charge in [0.05, 0.1) is 11.4 Å². The molecule has 2 atom stereocenters. The quantitative estimate of drug-likeness (QED) is 0.261. The lowest BCUT2D eigenvalue weighted by atomic mass is 10.2. The van der Waals surface area contributed by atoms with Crippen molar-refractivity contribution in [2.75, 3.05) is 8.61 Å². The Bertz CT molecular complexity index is 1060. The topological polar surface area (TPSA) is 113 Å². The number of ether oxygens (including phenoxy) is 1. The number of carbonyl (C=O) groups is 1. The van der Waals surface area contributed by atoms with E-state index in [2.05, 4.69) is 0 Å². The van der Waals surface area contributed by atoms with Crippen molar-refractivity contribution in [3.63, 3.8) is 0 Å². The van der Waals surface area contributed by atoms with Crippen molar-refractivity contribution in [2.24, 2.45) is 0 Å². The summed E-state index contributed by atoms with van der Waals surface area (Å²) in [6.07, 6.45) is -1.84. The van der Waals surface area contributed by atoms with E-state index in [9.17, 15) is 22.3 Å². The Hall–Kier alpha value is -3.05. The third kappa shape index (κ3) is 6.26. The lowest BCUT2D eigenvalue weighted by molar-refractivity contribution is -0.146. The van der Waals surface area contributed by atoms with Gasteiger partial charge in [-0.3, -0.25) is 17.0 Å². The van der Waals surface area contributed by atoms with E-state index in [0.717, 1.165) is 11.1 Å². The molecule has 0 spiro atoms. The number of hydrogen-bond acceptors (Lipinski definition) is 6. The predicted octanol–water partition coefficient (Wildman–Crippen LogP) is 3.27. The van der Waals surface area contributed by atoms with Gasteiger partial charge in [-0.15, -0.1) is 0 Å². The lowest BCUT2D eigenvalue weighted by Crippen LogP contribution is -2.55. The van der Waals surface area contributed by atoms with E-state index in [0.29, 0.717) is 14.2 Å². The van der Waals surface area contributed by atoms with E-state index in [1.165, 1.54) is 24.3 Å². The number of anilines is 2. The first-order valence-corrected chi connectivity index (χ1v) is 12.0. The van der Waals surface area contributed by atoms with Crippen LogP contribution in [0, 0.1) is 13.8 Å². The Labute approximate surface area is 197 Å². The third-order valence-corrected chi connectivity index (χ3v) is 6.24. The predicted molar refractivity (Wildman–Crippen MR) is 125 cm³/mol. The van der Waals surface area contributed by atoms with Crippen molar-refractivity contribution >= 4 is 39.9 Å². The molecule has 0 radical (unpaired) electrons. The lowest BCUT2D eigenvalue weighted by Gasteiger charge is -2.41. The van der Waals surface area contributed by atoms with Crippen LogP contribution < -0.4 is 8.61 Å². The summed E-state index contributed by atoms with van der Waals surface area (Å²) in [6.45, 7) is 3.48. The second-order valence-electron chi connectivity index (χ2n) is 7.22. The highest BCUT2D eigenvalue weighted by Gasteiger charge is 2.36. The highest BCUT2D eigenvalue weighted by molar-refractivity contribution is 7.82. The molecule has 3 aromatic carbocycles. The molecule has 0 aliphatic carbocycles. The van der Waals surface area contributed by atoms with Crippen LogP contribution in [0.25, 0.3) is 0 Å². The Morgan fingerprint density at radius 2 is 1.21 bits per heavy atom. The fourth-order valence-electron chi connectivity index (χ4n) is 3.09. The zero-order valence-electron chi connectivity index (χ0n) is 18.0. The summed E-state index contributed by atoms with van der Waals surface area (Å²) in [7, 11) is 0. The molecular formula is C23H22N2O6S2-2. The monoisotopic (exact) mass is 486 g/mol. The van der Waals surface area contributed by atoms with Crippen molar-refractivity contribution in [1.82, 2.24) is 0 Å². The van der Waals surface area contributed by atoms with Gasteiger partial charge in [-0.25, -0.2) is 4.79 Å². The number of hydrogen-bond donors (Lipinski definition) is 0. The van der Waals surface area contributed by atoms with Crippen LogP contribution in [0.15, 0.2) is 78.9 Å². The summed E-state index contributed by atoms with van der Waals surface area (Å²) >= 11 is -6.01. The molecular weight excluding hydrogens is 464 g/mol. The van der Waals surface area contributed by atoms with Gasteiger partial charge in [0.1, 0.15) is 6.61 Å². The van der Waals surface area contributed by atoms with Gasteiger partial charge in [0.2, 0.25) is 6.17 Å².